The molecule has 1 atom stereocenters. The summed E-state index contributed by atoms with van der Waals surface area (Å²) in [5.41, 5.74) is -0.580. The molecule has 0 aliphatic carbocycles. The molecule has 2 N–H and O–H groups in total. The second kappa shape index (κ2) is 9.41. The van der Waals surface area contributed by atoms with E-state index in [9.17, 15) is 22.4 Å². The molecule has 1 aliphatic rings. The number of hydroxylamine groups is 2. The molecule has 9 nitrogen and oxygen atoms in total. The lowest BCUT2D eigenvalue weighted by molar-refractivity contribution is -0.140. The van der Waals surface area contributed by atoms with E-state index in [0.717, 1.165) is 23.5 Å². The average Bonchev–Trinajstić information content (AvgIpc) is 3.38. The number of thiazole rings is 1. The zero-order chi connectivity index (χ0) is 23.6. The van der Waals surface area contributed by atoms with Crippen LogP contribution in [0.3, 0.4) is 0 Å². The first-order chi connectivity index (χ1) is 15.7. The van der Waals surface area contributed by atoms with Crippen molar-refractivity contribution in [1.82, 2.24) is 25.3 Å². The summed E-state index contributed by atoms with van der Waals surface area (Å²) >= 11 is 1.13. The normalized spacial score (nSPS) is 16.8. The van der Waals surface area contributed by atoms with Gasteiger partial charge in [-0.3, -0.25) is 5.32 Å². The molecule has 1 amide bonds. The molecule has 1 fully saturated rings. The predicted octanol–water partition coefficient (Wildman–Crippen LogP) is 3.58. The lowest BCUT2D eigenvalue weighted by Gasteiger charge is -2.16. The molecule has 14 heteroatoms. The van der Waals surface area contributed by atoms with Gasteiger partial charge in [-0.25, -0.2) is 19.2 Å². The summed E-state index contributed by atoms with van der Waals surface area (Å²) in [7, 11) is 1.45. The molecule has 1 aliphatic heterocycles. The Kier molecular flexibility index (Phi) is 6.58. The van der Waals surface area contributed by atoms with Crippen molar-refractivity contribution >= 4 is 32.9 Å². The highest BCUT2D eigenvalue weighted by Crippen LogP contribution is 2.32. The SMILES string of the molecule is COc1ncnc2sc(NC(=O)ON3CC[C@@H](NCc4ccc(F)c(C(F)(F)F)c4)C3)nc12. The zero-order valence-corrected chi connectivity index (χ0v) is 18.0. The standard InChI is InChI=1S/C19H18F4N6O3S/c1-31-15-14-16(26-9-25-15)33-17(27-14)28-18(30)32-29-5-4-11(8-29)24-7-10-2-3-13(20)12(6-10)19(21,22)23/h2-3,6,9,11,24H,4-5,7-8H2,1H3,(H,27,28,30)/t11-/m1/s1. The molecule has 33 heavy (non-hydrogen) atoms. The number of methoxy groups -OCH3 is 1. The van der Waals surface area contributed by atoms with Crippen molar-refractivity contribution in [2.75, 3.05) is 25.5 Å². The van der Waals surface area contributed by atoms with Crippen LogP contribution in [-0.2, 0) is 17.6 Å². The number of rotatable bonds is 6. The molecule has 0 spiro atoms. The number of carbonyl (C=O) groups excluding carboxylic acids is 1. The van der Waals surface area contributed by atoms with E-state index in [2.05, 4.69) is 25.6 Å². The van der Waals surface area contributed by atoms with Crippen molar-refractivity contribution in [2.45, 2.75) is 25.2 Å². The van der Waals surface area contributed by atoms with Gasteiger partial charge in [0.1, 0.15) is 12.1 Å². The summed E-state index contributed by atoms with van der Waals surface area (Å²) in [6.07, 6.45) is -3.56. The van der Waals surface area contributed by atoms with Gasteiger partial charge in [0.2, 0.25) is 5.88 Å². The largest absolute Gasteiger partial charge is 0.479 e. The van der Waals surface area contributed by atoms with Gasteiger partial charge < -0.3 is 14.9 Å². The summed E-state index contributed by atoms with van der Waals surface area (Å²) in [5.74, 6) is -1.02. The maximum absolute atomic E-state index is 13.4. The van der Waals surface area contributed by atoms with Crippen LogP contribution < -0.4 is 15.4 Å². The van der Waals surface area contributed by atoms with Gasteiger partial charge in [0.25, 0.3) is 0 Å². The lowest BCUT2D eigenvalue weighted by atomic mass is 10.1. The van der Waals surface area contributed by atoms with E-state index in [-0.39, 0.29) is 23.6 Å². The van der Waals surface area contributed by atoms with E-state index in [1.807, 2.05) is 0 Å². The number of fused-ring (bicyclic) bond motifs is 1. The lowest BCUT2D eigenvalue weighted by Crippen LogP contribution is -2.34. The Labute approximate surface area is 188 Å². The maximum Gasteiger partial charge on any atom is 0.432 e. The molecule has 0 radical (unpaired) electrons. The number of halogens is 4. The van der Waals surface area contributed by atoms with Crippen molar-refractivity contribution < 1.29 is 31.9 Å². The highest BCUT2D eigenvalue weighted by Gasteiger charge is 2.34. The Morgan fingerprint density at radius 2 is 2.15 bits per heavy atom. The van der Waals surface area contributed by atoms with Crippen molar-refractivity contribution in [2.24, 2.45) is 0 Å². The summed E-state index contributed by atoms with van der Waals surface area (Å²) in [6, 6.07) is 2.76. The van der Waals surface area contributed by atoms with Gasteiger partial charge in [-0.15, -0.1) is 5.06 Å². The molecule has 0 unspecified atom stereocenters. The topological polar surface area (TPSA) is 102 Å². The Morgan fingerprint density at radius 3 is 2.91 bits per heavy atom. The first kappa shape index (κ1) is 23.1. The highest BCUT2D eigenvalue weighted by molar-refractivity contribution is 7.22. The highest BCUT2D eigenvalue weighted by atomic mass is 32.1. The van der Waals surface area contributed by atoms with E-state index < -0.39 is 23.7 Å². The fourth-order valence-corrected chi connectivity index (χ4v) is 4.09. The minimum Gasteiger partial charge on any atom is -0.479 e. The summed E-state index contributed by atoms with van der Waals surface area (Å²) < 4.78 is 57.1. The number of anilines is 1. The van der Waals surface area contributed by atoms with Crippen LogP contribution in [0.25, 0.3) is 10.3 Å². The molecule has 0 bridgehead atoms. The third-order valence-corrected chi connectivity index (χ3v) is 5.74. The fourth-order valence-electron chi connectivity index (χ4n) is 3.30. The van der Waals surface area contributed by atoms with Gasteiger partial charge in [0.15, 0.2) is 15.5 Å². The van der Waals surface area contributed by atoms with Gasteiger partial charge in [-0.05, 0) is 24.1 Å². The number of hydrogen-bond donors (Lipinski definition) is 2. The van der Waals surface area contributed by atoms with E-state index in [1.165, 1.54) is 24.6 Å². The first-order valence-corrected chi connectivity index (χ1v) is 10.5. The van der Waals surface area contributed by atoms with E-state index >= 15 is 0 Å². The van der Waals surface area contributed by atoms with Gasteiger partial charge >= 0.3 is 12.3 Å². The molecule has 4 rings (SSSR count). The van der Waals surface area contributed by atoms with Crippen LogP contribution in [0.5, 0.6) is 5.88 Å². The number of nitrogens with one attached hydrogen (secondary N) is 2. The number of nitrogens with zero attached hydrogens (tertiary/aromatic N) is 4. The summed E-state index contributed by atoms with van der Waals surface area (Å²) in [5, 5.41) is 7.32. The Balaban J connectivity index is 1.28. The van der Waals surface area contributed by atoms with Crippen LogP contribution in [0.4, 0.5) is 27.5 Å². The zero-order valence-electron chi connectivity index (χ0n) is 17.1. The second-order valence-electron chi connectivity index (χ2n) is 7.13. The number of hydrogen-bond acceptors (Lipinski definition) is 9. The van der Waals surface area contributed by atoms with Gasteiger partial charge in [0.05, 0.1) is 19.2 Å². The number of alkyl halides is 3. The van der Waals surface area contributed by atoms with Gasteiger partial charge in [-0.2, -0.15) is 18.2 Å². The monoisotopic (exact) mass is 486 g/mol. The summed E-state index contributed by atoms with van der Waals surface area (Å²) in [4.78, 5) is 30.3. The minimum absolute atomic E-state index is 0.114. The molecular weight excluding hydrogens is 468 g/mol. The van der Waals surface area contributed by atoms with Gasteiger partial charge in [-0.1, -0.05) is 17.4 Å². The number of ether oxygens (including phenoxy) is 1. The molecule has 0 saturated carbocycles. The smallest absolute Gasteiger partial charge is 0.432 e. The molecule has 1 saturated heterocycles. The second-order valence-corrected chi connectivity index (χ2v) is 8.10. The van der Waals surface area contributed by atoms with Crippen LogP contribution >= 0.6 is 11.3 Å². The molecular formula is C19H18F4N6O3S. The van der Waals surface area contributed by atoms with E-state index in [1.54, 1.807) is 0 Å². The van der Waals surface area contributed by atoms with Crippen molar-refractivity contribution in [1.29, 1.82) is 0 Å². The van der Waals surface area contributed by atoms with E-state index in [4.69, 9.17) is 9.57 Å². The number of aromatic nitrogens is 3. The molecule has 176 valence electrons. The van der Waals surface area contributed by atoms with Crippen molar-refractivity contribution in [3.63, 3.8) is 0 Å². The molecule has 1 aromatic carbocycles. The fraction of sp³-hybridized carbons (Fsp3) is 0.368. The minimum atomic E-state index is -4.76. The Bertz CT molecular complexity index is 1160. The van der Waals surface area contributed by atoms with Gasteiger partial charge in [0, 0.05) is 19.1 Å². The van der Waals surface area contributed by atoms with E-state index in [0.29, 0.717) is 35.4 Å². The Hall–Kier alpha value is -3.10. The third-order valence-electron chi connectivity index (χ3n) is 4.86. The molecule has 3 heterocycles. The number of benzene rings is 1. The number of carbonyl (C=O) groups is 1. The third kappa shape index (κ3) is 5.46. The maximum atomic E-state index is 13.4. The average molecular weight is 486 g/mol. The molecule has 3 aromatic rings. The number of amides is 1. The van der Waals surface area contributed by atoms with Crippen molar-refractivity contribution in [3.05, 3.63) is 41.5 Å². The van der Waals surface area contributed by atoms with Crippen LogP contribution in [0.15, 0.2) is 24.5 Å². The van der Waals surface area contributed by atoms with Crippen molar-refractivity contribution in [3.8, 4) is 5.88 Å². The van der Waals surface area contributed by atoms with Crippen LogP contribution in [0, 0.1) is 5.82 Å². The van der Waals surface area contributed by atoms with Crippen LogP contribution in [0.2, 0.25) is 0 Å². The Morgan fingerprint density at radius 1 is 1.33 bits per heavy atom. The quantitative estimate of drug-likeness (QED) is 0.510. The predicted molar refractivity (Wildman–Crippen MR) is 110 cm³/mol. The van der Waals surface area contributed by atoms with Crippen LogP contribution in [-0.4, -0.2) is 52.3 Å². The first-order valence-electron chi connectivity index (χ1n) is 9.71. The van der Waals surface area contributed by atoms with Crippen LogP contribution in [0.1, 0.15) is 17.5 Å². The summed E-state index contributed by atoms with van der Waals surface area (Å²) in [6.45, 7) is 0.879. The molecule has 2 aromatic heterocycles.